The zero-order chi connectivity index (χ0) is 21.2. The summed E-state index contributed by atoms with van der Waals surface area (Å²) in [7, 11) is 4.06. The predicted molar refractivity (Wildman–Crippen MR) is 116 cm³/mol. The number of esters is 1. The van der Waals surface area contributed by atoms with Crippen molar-refractivity contribution >= 4 is 5.97 Å². The number of benzene rings is 2. The van der Waals surface area contributed by atoms with Crippen molar-refractivity contribution in [1.82, 2.24) is 0 Å². The quantitative estimate of drug-likeness (QED) is 0.404. The number of ether oxygens (including phenoxy) is 2. The Kier molecular flexibility index (Phi) is 6.33. The molecule has 2 aromatic carbocycles. The van der Waals surface area contributed by atoms with Crippen LogP contribution in [0.4, 0.5) is 0 Å². The summed E-state index contributed by atoms with van der Waals surface area (Å²) in [5.41, 5.74) is 8.07. The van der Waals surface area contributed by atoms with Gasteiger partial charge in [0.15, 0.2) is 0 Å². The summed E-state index contributed by atoms with van der Waals surface area (Å²) in [5, 5.41) is 0. The number of carbonyl (C=O) groups is 1. The Morgan fingerprint density at radius 2 is 1.83 bits per heavy atom. The minimum absolute atomic E-state index is 0.204. The fourth-order valence-electron chi connectivity index (χ4n) is 4.70. The van der Waals surface area contributed by atoms with Gasteiger partial charge in [-0.1, -0.05) is 6.07 Å². The number of carbonyl (C=O) groups excluding carboxylic acids is 1. The van der Waals surface area contributed by atoms with E-state index < -0.39 is 0 Å². The van der Waals surface area contributed by atoms with Gasteiger partial charge in [0.05, 0.1) is 33.9 Å². The van der Waals surface area contributed by atoms with Crippen LogP contribution < -0.4 is 4.74 Å². The van der Waals surface area contributed by atoms with Crippen molar-refractivity contribution in [2.75, 3.05) is 33.9 Å². The number of likely N-dealkylation sites (N-methyl/N-ethyl adjacent to an activating group) is 1. The molecule has 0 spiro atoms. The van der Waals surface area contributed by atoms with Gasteiger partial charge in [0.2, 0.25) is 0 Å². The van der Waals surface area contributed by atoms with Gasteiger partial charge in [0.1, 0.15) is 11.8 Å². The summed E-state index contributed by atoms with van der Waals surface area (Å²) in [4.78, 5) is 11.2. The number of hydrogen-bond acceptors (Lipinski definition) is 3. The first-order chi connectivity index (χ1) is 13.7. The van der Waals surface area contributed by atoms with Gasteiger partial charge in [-0.2, -0.15) is 0 Å². The van der Waals surface area contributed by atoms with Gasteiger partial charge in [-0.15, -0.1) is 0 Å². The molecule has 1 aliphatic heterocycles. The maximum Gasteiger partial charge on any atom is 0.302 e. The molecule has 0 aromatic heterocycles. The third-order valence-electron chi connectivity index (χ3n) is 6.42. The van der Waals surface area contributed by atoms with Gasteiger partial charge >= 0.3 is 5.97 Å². The lowest BCUT2D eigenvalue weighted by Crippen LogP contribution is -2.52. The molecule has 3 rings (SSSR count). The van der Waals surface area contributed by atoms with Gasteiger partial charge in [-0.25, -0.2) is 0 Å². The molecule has 1 aliphatic rings. The van der Waals surface area contributed by atoms with E-state index in [1.54, 1.807) is 7.11 Å². The second kappa shape index (κ2) is 8.58. The van der Waals surface area contributed by atoms with E-state index in [-0.39, 0.29) is 12.0 Å². The van der Waals surface area contributed by atoms with Crippen molar-refractivity contribution in [3.8, 4) is 5.75 Å². The van der Waals surface area contributed by atoms with E-state index in [1.165, 1.54) is 34.7 Å². The number of aryl methyl sites for hydroxylation is 3. The van der Waals surface area contributed by atoms with Crippen LogP contribution in [0.2, 0.25) is 0 Å². The summed E-state index contributed by atoms with van der Waals surface area (Å²) in [5.74, 6) is 0.721. The van der Waals surface area contributed by atoms with Crippen LogP contribution in [-0.4, -0.2) is 44.3 Å². The van der Waals surface area contributed by atoms with Crippen LogP contribution in [-0.2, 0) is 16.0 Å². The molecule has 0 saturated heterocycles. The number of rotatable bonds is 6. The molecule has 4 nitrogen and oxygen atoms in total. The highest BCUT2D eigenvalue weighted by Crippen LogP contribution is 2.41. The SMILES string of the molecule is COc1ccc(C2c3cc(C)c(C)cc3CC[N+]2(C)CCCOC(C)=O)cc1C. The average molecular weight is 397 g/mol. The number of methoxy groups -OCH3 is 1. The van der Waals surface area contributed by atoms with Gasteiger partial charge in [0, 0.05) is 30.9 Å². The molecular weight excluding hydrogens is 362 g/mol. The number of nitrogens with zero attached hydrogens (tertiary/aromatic N) is 1. The van der Waals surface area contributed by atoms with Crippen LogP contribution in [0.15, 0.2) is 30.3 Å². The fraction of sp³-hybridized carbons (Fsp3) is 0.480. The van der Waals surface area contributed by atoms with Gasteiger partial charge in [0.25, 0.3) is 0 Å². The lowest BCUT2D eigenvalue weighted by molar-refractivity contribution is -0.935. The first kappa shape index (κ1) is 21.4. The van der Waals surface area contributed by atoms with Gasteiger partial charge < -0.3 is 14.0 Å². The summed E-state index contributed by atoms with van der Waals surface area (Å²) in [6, 6.07) is 11.6. The Bertz CT molecular complexity index is 905. The second-order valence-electron chi connectivity index (χ2n) is 8.64. The van der Waals surface area contributed by atoms with Crippen molar-refractivity contribution in [3.63, 3.8) is 0 Å². The monoisotopic (exact) mass is 396 g/mol. The molecule has 4 heteroatoms. The molecule has 2 unspecified atom stereocenters. The summed E-state index contributed by atoms with van der Waals surface area (Å²) >= 11 is 0. The fourth-order valence-corrected chi connectivity index (χ4v) is 4.70. The lowest BCUT2D eigenvalue weighted by Gasteiger charge is -2.46. The summed E-state index contributed by atoms with van der Waals surface area (Å²) in [6.07, 6.45) is 1.94. The Hall–Kier alpha value is -2.33. The van der Waals surface area contributed by atoms with Crippen LogP contribution in [0, 0.1) is 20.8 Å². The first-order valence-corrected chi connectivity index (χ1v) is 10.5. The maximum atomic E-state index is 11.2. The standard InChI is InChI=1S/C25H34NO3/c1-17-14-21-10-12-26(5,11-7-13-29-20(4)27)25(23(21)16-18(17)2)22-8-9-24(28-6)19(3)15-22/h8-9,14-16,25H,7,10-13H2,1-6H3/q+1. The summed E-state index contributed by atoms with van der Waals surface area (Å²) < 4.78 is 11.6. The van der Waals surface area contributed by atoms with E-state index in [2.05, 4.69) is 58.2 Å². The van der Waals surface area contributed by atoms with Gasteiger partial charge in [-0.05, 0) is 67.3 Å². The molecule has 0 N–H and O–H groups in total. The zero-order valence-corrected chi connectivity index (χ0v) is 18.7. The second-order valence-corrected chi connectivity index (χ2v) is 8.64. The third kappa shape index (κ3) is 4.48. The van der Waals surface area contributed by atoms with Crippen LogP contribution in [0.25, 0.3) is 0 Å². The molecular formula is C25H34NO3+. The molecule has 0 fully saturated rings. The van der Waals surface area contributed by atoms with Crippen molar-refractivity contribution < 1.29 is 18.8 Å². The maximum absolute atomic E-state index is 11.2. The Labute approximate surface area is 175 Å². The van der Waals surface area contributed by atoms with Crippen molar-refractivity contribution in [2.24, 2.45) is 0 Å². The van der Waals surface area contributed by atoms with Crippen LogP contribution >= 0.6 is 0 Å². The number of fused-ring (bicyclic) bond motifs is 1. The molecule has 29 heavy (non-hydrogen) atoms. The third-order valence-corrected chi connectivity index (χ3v) is 6.42. The minimum atomic E-state index is -0.204. The first-order valence-electron chi connectivity index (χ1n) is 10.5. The van der Waals surface area contributed by atoms with E-state index in [0.717, 1.165) is 41.7 Å². The Morgan fingerprint density at radius 3 is 2.48 bits per heavy atom. The van der Waals surface area contributed by atoms with E-state index >= 15 is 0 Å². The normalized spacial score (nSPS) is 20.8. The molecule has 2 atom stereocenters. The highest BCUT2D eigenvalue weighted by atomic mass is 16.5. The largest absolute Gasteiger partial charge is 0.496 e. The van der Waals surface area contributed by atoms with E-state index in [4.69, 9.17) is 9.47 Å². The van der Waals surface area contributed by atoms with Gasteiger partial charge in [-0.3, -0.25) is 4.79 Å². The van der Waals surface area contributed by atoms with Crippen molar-refractivity contribution in [1.29, 1.82) is 0 Å². The molecule has 156 valence electrons. The Morgan fingerprint density at radius 1 is 1.10 bits per heavy atom. The molecule has 0 aliphatic carbocycles. The number of hydrogen-bond donors (Lipinski definition) is 0. The molecule has 1 heterocycles. The average Bonchev–Trinajstić information content (AvgIpc) is 2.66. The molecule has 2 aromatic rings. The highest BCUT2D eigenvalue weighted by Gasteiger charge is 2.40. The van der Waals surface area contributed by atoms with Crippen LogP contribution in [0.5, 0.6) is 5.75 Å². The summed E-state index contributed by atoms with van der Waals surface area (Å²) in [6.45, 7) is 10.5. The van der Waals surface area contributed by atoms with Crippen molar-refractivity contribution in [2.45, 2.75) is 46.6 Å². The lowest BCUT2D eigenvalue weighted by atomic mass is 9.83. The number of quaternary nitrogens is 1. The van der Waals surface area contributed by atoms with Crippen LogP contribution in [0.3, 0.4) is 0 Å². The van der Waals surface area contributed by atoms with E-state index in [9.17, 15) is 4.79 Å². The predicted octanol–water partition coefficient (Wildman–Crippen LogP) is 4.67. The topological polar surface area (TPSA) is 35.5 Å². The van der Waals surface area contributed by atoms with E-state index in [1.807, 2.05) is 0 Å². The highest BCUT2D eigenvalue weighted by molar-refractivity contribution is 5.65. The molecule has 0 radical (unpaired) electrons. The smallest absolute Gasteiger partial charge is 0.302 e. The van der Waals surface area contributed by atoms with Crippen molar-refractivity contribution in [3.05, 3.63) is 63.7 Å². The minimum Gasteiger partial charge on any atom is -0.496 e. The molecule has 0 saturated carbocycles. The molecule has 0 amide bonds. The van der Waals surface area contributed by atoms with Crippen LogP contribution in [0.1, 0.15) is 52.8 Å². The Balaban J connectivity index is 2.02. The molecule has 0 bridgehead atoms. The van der Waals surface area contributed by atoms with E-state index in [0.29, 0.717) is 6.61 Å². The zero-order valence-electron chi connectivity index (χ0n) is 18.7.